The molecule has 2 aromatic rings. The minimum Gasteiger partial charge on any atom is -0.616 e. The van der Waals surface area contributed by atoms with Crippen molar-refractivity contribution >= 4 is 27.8 Å². The van der Waals surface area contributed by atoms with Crippen LogP contribution in [-0.2, 0) is 27.2 Å². The van der Waals surface area contributed by atoms with Crippen molar-refractivity contribution in [3.63, 3.8) is 0 Å². The summed E-state index contributed by atoms with van der Waals surface area (Å²) in [5, 5.41) is 7.34. The van der Waals surface area contributed by atoms with E-state index in [1.54, 1.807) is 30.5 Å². The van der Waals surface area contributed by atoms with Gasteiger partial charge in [-0.2, -0.15) is 13.2 Å². The number of aromatic nitrogens is 1. The maximum absolute atomic E-state index is 13.7. The lowest BCUT2D eigenvalue weighted by molar-refractivity contribution is -0.140. The summed E-state index contributed by atoms with van der Waals surface area (Å²) in [6, 6.07) is 7.71. The molecule has 4 aliphatic rings. The topological polar surface area (TPSA) is 73.8 Å². The Bertz CT molecular complexity index is 1420. The Kier molecular flexibility index (Phi) is 10.6. The number of hydrogen-bond acceptors (Lipinski definition) is 6. The number of likely N-dealkylation sites (tertiary alicyclic amines) is 1. The van der Waals surface area contributed by atoms with Crippen molar-refractivity contribution in [3.05, 3.63) is 42.1 Å². The van der Waals surface area contributed by atoms with Gasteiger partial charge in [-0.15, -0.1) is 0 Å². The Morgan fingerprint density at radius 3 is 2.59 bits per heavy atom. The molecule has 1 spiro atoms. The van der Waals surface area contributed by atoms with E-state index in [0.717, 1.165) is 50.0 Å². The molecule has 7 nitrogen and oxygen atoms in total. The van der Waals surface area contributed by atoms with Crippen LogP contribution < -0.4 is 10.6 Å². The molecule has 4 atom stereocenters. The highest BCUT2D eigenvalue weighted by molar-refractivity contribution is 7.91. The first kappa shape index (κ1) is 33.6. The van der Waals surface area contributed by atoms with Crippen molar-refractivity contribution in [2.45, 2.75) is 87.1 Å². The van der Waals surface area contributed by atoms with Gasteiger partial charge in [0.15, 0.2) is 6.86 Å². The minimum atomic E-state index is -4.41. The van der Waals surface area contributed by atoms with Gasteiger partial charge in [0.1, 0.15) is 11.8 Å². The van der Waals surface area contributed by atoms with E-state index in [1.807, 2.05) is 12.1 Å². The number of nitrogens with one attached hydrogen (secondary N) is 2. The van der Waals surface area contributed by atoms with E-state index in [0.29, 0.717) is 23.4 Å². The van der Waals surface area contributed by atoms with Gasteiger partial charge >= 0.3 is 6.18 Å². The van der Waals surface area contributed by atoms with Gasteiger partial charge in [0.25, 0.3) is 0 Å². The van der Waals surface area contributed by atoms with Crippen LogP contribution in [0.1, 0.15) is 50.6 Å². The third kappa shape index (κ3) is 7.88. The van der Waals surface area contributed by atoms with E-state index in [1.165, 1.54) is 30.5 Å². The number of anilines is 1. The number of hydrogen-bond donors (Lipinski definition) is 2. The zero-order valence-corrected chi connectivity index (χ0v) is 27.1. The van der Waals surface area contributed by atoms with Crippen LogP contribution >= 0.6 is 0 Å². The van der Waals surface area contributed by atoms with Gasteiger partial charge in [-0.05, 0) is 79.9 Å². The Balaban J connectivity index is 1.11. The number of alkyl halides is 4. The fourth-order valence-corrected chi connectivity index (χ4v) is 8.46. The molecule has 252 valence electrons. The molecule has 2 aliphatic carbocycles. The maximum Gasteiger partial charge on any atom is 0.406 e. The predicted octanol–water partition coefficient (Wildman–Crippen LogP) is 5.37. The molecule has 12 heteroatoms. The second-order valence-corrected chi connectivity index (χ2v) is 14.9. The summed E-state index contributed by atoms with van der Waals surface area (Å²) in [6.45, 7) is 2.17. The number of benzene rings is 1. The normalized spacial score (nSPS) is 28.9. The van der Waals surface area contributed by atoms with Crippen LogP contribution in [0.4, 0.5) is 23.2 Å². The minimum absolute atomic E-state index is 0.162. The number of ether oxygens (including phenoxy) is 2. The van der Waals surface area contributed by atoms with Crippen molar-refractivity contribution in [1.82, 2.24) is 14.8 Å². The second-order valence-electron chi connectivity index (χ2n) is 13.3. The first-order chi connectivity index (χ1) is 22.1. The number of halogens is 4. The summed E-state index contributed by atoms with van der Waals surface area (Å²) in [6.07, 6.45) is 7.31. The highest BCUT2D eigenvalue weighted by atomic mass is 32.2. The molecule has 3 heterocycles. The molecule has 2 aliphatic heterocycles. The van der Waals surface area contributed by atoms with Crippen LogP contribution in [-0.4, -0.2) is 95.6 Å². The molecule has 6 rings (SSSR count). The second kappa shape index (κ2) is 14.5. The third-order valence-corrected chi connectivity index (χ3v) is 11.4. The summed E-state index contributed by atoms with van der Waals surface area (Å²) in [7, 11) is 0. The van der Waals surface area contributed by atoms with Crippen molar-refractivity contribution < 1.29 is 31.6 Å². The van der Waals surface area contributed by atoms with Crippen LogP contribution in [0.15, 0.2) is 36.4 Å². The average Bonchev–Trinajstić information content (AvgIpc) is 3.36. The van der Waals surface area contributed by atoms with Gasteiger partial charge in [0, 0.05) is 61.3 Å². The summed E-state index contributed by atoms with van der Waals surface area (Å²) < 4.78 is 78.0. The number of fused-ring (bicyclic) bond motifs is 1. The largest absolute Gasteiger partial charge is 0.616 e. The quantitative estimate of drug-likeness (QED) is 0.163. The van der Waals surface area contributed by atoms with Crippen LogP contribution in [0.5, 0.6) is 0 Å². The number of nitrogens with zero attached hydrogens (tertiary/aromatic N) is 2. The average molecular weight is 665 g/mol. The van der Waals surface area contributed by atoms with E-state index in [-0.39, 0.29) is 29.6 Å². The fraction of sp³-hybridized carbons (Fsp3) is 0.647. The molecule has 0 bridgehead atoms. The Morgan fingerprint density at radius 1 is 1.13 bits per heavy atom. The highest BCUT2D eigenvalue weighted by Gasteiger charge is 2.46. The molecule has 0 radical (unpaired) electrons. The first-order valence-electron chi connectivity index (χ1n) is 16.3. The van der Waals surface area contributed by atoms with E-state index in [2.05, 4.69) is 27.4 Å². The molecular weight excluding hydrogens is 620 g/mol. The summed E-state index contributed by atoms with van der Waals surface area (Å²) >= 11 is -1.10. The van der Waals surface area contributed by atoms with E-state index < -0.39 is 36.9 Å². The molecule has 2 saturated heterocycles. The Morgan fingerprint density at radius 2 is 1.89 bits per heavy atom. The van der Waals surface area contributed by atoms with Crippen molar-refractivity contribution in [3.8, 4) is 11.8 Å². The van der Waals surface area contributed by atoms with Gasteiger partial charge in [-0.1, -0.05) is 18.1 Å². The van der Waals surface area contributed by atoms with Crippen molar-refractivity contribution in [2.24, 2.45) is 5.41 Å². The van der Waals surface area contributed by atoms with Crippen molar-refractivity contribution in [2.75, 3.05) is 51.3 Å². The third-order valence-electron chi connectivity index (χ3n) is 10.2. The molecule has 3 fully saturated rings. The molecule has 46 heavy (non-hydrogen) atoms. The molecule has 1 aromatic heterocycles. The number of rotatable bonds is 9. The summed E-state index contributed by atoms with van der Waals surface area (Å²) in [5.41, 5.74) is 2.06. The standard InChI is InChI=1S/C34H44F4N4O3S/c1-46(43)27-11-12-30(32(19-27)45-23-35)39-15-3-4-26-18-28-29(5-2-6-31(28)42(26)22-34(36,37)38)40-24-7-9-25(10-8-24)41-20-33(21-41)13-16-44-17-14-33/h2,5-6,11-12,18,24-25,27,30,32,39-40H,7-10,13-17,19-23H2,1H3. The van der Waals surface area contributed by atoms with E-state index >= 15 is 0 Å². The lowest BCUT2D eigenvalue weighted by atomic mass is 9.71. The van der Waals surface area contributed by atoms with Crippen LogP contribution in [0.2, 0.25) is 0 Å². The lowest BCUT2D eigenvalue weighted by Gasteiger charge is -2.56. The van der Waals surface area contributed by atoms with Crippen LogP contribution in [0, 0.1) is 17.3 Å². The monoisotopic (exact) mass is 664 g/mol. The zero-order valence-electron chi connectivity index (χ0n) is 26.3. The SMILES string of the molecule is C[S+]([O-])C1C=CC(NCC#Cc2cc3c(NC4CCC(N5CC6(CCOCC6)C5)CC4)cccc3n2CC(F)(F)F)C(OCF)C1. The first-order valence-corrected chi connectivity index (χ1v) is 17.9. The van der Waals surface area contributed by atoms with E-state index in [4.69, 9.17) is 9.47 Å². The lowest BCUT2D eigenvalue weighted by Crippen LogP contribution is -2.62. The predicted molar refractivity (Wildman–Crippen MR) is 173 cm³/mol. The fourth-order valence-electron chi connectivity index (χ4n) is 7.69. The summed E-state index contributed by atoms with van der Waals surface area (Å²) in [5.74, 6) is 5.90. The zero-order chi connectivity index (χ0) is 32.3. The Hall–Kier alpha value is -2.27. The van der Waals surface area contributed by atoms with Crippen molar-refractivity contribution in [1.29, 1.82) is 0 Å². The molecule has 2 N–H and O–H groups in total. The van der Waals surface area contributed by atoms with Gasteiger partial charge < -0.3 is 23.9 Å². The Labute approximate surface area is 271 Å². The van der Waals surface area contributed by atoms with Crippen LogP contribution in [0.3, 0.4) is 0 Å². The van der Waals surface area contributed by atoms with Gasteiger partial charge in [0.2, 0.25) is 0 Å². The van der Waals surface area contributed by atoms with E-state index in [9.17, 15) is 22.1 Å². The van der Waals surface area contributed by atoms with Gasteiger partial charge in [-0.3, -0.25) is 10.2 Å². The molecule has 0 amide bonds. The smallest absolute Gasteiger partial charge is 0.406 e. The van der Waals surface area contributed by atoms with Gasteiger partial charge in [0.05, 0.1) is 36.2 Å². The maximum atomic E-state index is 13.7. The molecule has 4 unspecified atom stereocenters. The van der Waals surface area contributed by atoms with Crippen LogP contribution in [0.25, 0.3) is 10.9 Å². The molecular formula is C34H44F4N4O3S. The van der Waals surface area contributed by atoms with Gasteiger partial charge in [-0.25, -0.2) is 4.39 Å². The summed E-state index contributed by atoms with van der Waals surface area (Å²) in [4.78, 5) is 2.64. The molecule has 1 saturated carbocycles. The molecule has 1 aromatic carbocycles. The highest BCUT2D eigenvalue weighted by Crippen LogP contribution is 2.43.